The largest absolute Gasteiger partial charge is 0.480 e. The average Bonchev–Trinajstić information content (AvgIpc) is 2.79. The predicted octanol–water partition coefficient (Wildman–Crippen LogP) is 2.07. The lowest BCUT2D eigenvalue weighted by Crippen LogP contribution is -2.28. The highest BCUT2D eigenvalue weighted by atomic mass is 35.5. The van der Waals surface area contributed by atoms with Crippen LogP contribution in [0.3, 0.4) is 0 Å². The molecule has 7 heteroatoms. The quantitative estimate of drug-likeness (QED) is 0.883. The van der Waals surface area contributed by atoms with Crippen molar-refractivity contribution in [3.8, 4) is 0 Å². The van der Waals surface area contributed by atoms with Gasteiger partial charge in [-0.05, 0) is 30.5 Å². The summed E-state index contributed by atoms with van der Waals surface area (Å²) in [4.78, 5) is 15.5. The Hall–Kier alpha value is -2.08. The zero-order chi connectivity index (χ0) is 14.3. The second kappa shape index (κ2) is 4.79. The number of aromatic nitrogens is 3. The van der Waals surface area contributed by atoms with Crippen LogP contribution in [0, 0.1) is 0 Å². The molecule has 1 aromatic heterocycles. The third-order valence-corrected chi connectivity index (χ3v) is 3.82. The number of carboxylic acids is 1. The van der Waals surface area contributed by atoms with E-state index in [0.717, 1.165) is 5.56 Å². The van der Waals surface area contributed by atoms with Crippen molar-refractivity contribution in [3.63, 3.8) is 0 Å². The average molecular weight is 293 g/mol. The Balaban J connectivity index is 2.04. The van der Waals surface area contributed by atoms with E-state index in [9.17, 15) is 9.90 Å². The highest BCUT2D eigenvalue weighted by Crippen LogP contribution is 2.37. The molecule has 0 saturated heterocycles. The molecule has 2 heterocycles. The molecule has 1 aliphatic rings. The van der Waals surface area contributed by atoms with Gasteiger partial charge in [0.1, 0.15) is 5.82 Å². The van der Waals surface area contributed by atoms with Gasteiger partial charge in [0.05, 0.1) is 0 Å². The van der Waals surface area contributed by atoms with Crippen LogP contribution in [0.5, 0.6) is 0 Å². The number of nitrogens with two attached hydrogens (primary N) is 1. The maximum Gasteiger partial charge on any atom is 0.328 e. The molecule has 0 bridgehead atoms. The van der Waals surface area contributed by atoms with Gasteiger partial charge in [-0.1, -0.05) is 23.7 Å². The van der Waals surface area contributed by atoms with E-state index in [-0.39, 0.29) is 11.9 Å². The minimum Gasteiger partial charge on any atom is -0.480 e. The topological polar surface area (TPSA) is 94.0 Å². The summed E-state index contributed by atoms with van der Waals surface area (Å²) < 4.78 is 1.43. The smallest absolute Gasteiger partial charge is 0.328 e. The Kier molecular flexibility index (Phi) is 3.10. The molecule has 20 heavy (non-hydrogen) atoms. The summed E-state index contributed by atoms with van der Waals surface area (Å²) in [5.74, 6) is -0.214. The number of nitrogens with zero attached hydrogens (tertiary/aromatic N) is 3. The minimum atomic E-state index is -0.911. The molecule has 0 saturated carbocycles. The van der Waals surface area contributed by atoms with Crippen molar-refractivity contribution < 1.29 is 9.90 Å². The zero-order valence-corrected chi connectivity index (χ0v) is 11.3. The van der Waals surface area contributed by atoms with Crippen LogP contribution in [0.25, 0.3) is 0 Å². The molecule has 0 spiro atoms. The van der Waals surface area contributed by atoms with Crippen molar-refractivity contribution in [2.75, 3.05) is 5.73 Å². The van der Waals surface area contributed by atoms with Crippen molar-refractivity contribution >= 4 is 23.5 Å². The summed E-state index contributed by atoms with van der Waals surface area (Å²) >= 11 is 5.89. The van der Waals surface area contributed by atoms with E-state index in [0.29, 0.717) is 23.7 Å². The van der Waals surface area contributed by atoms with E-state index < -0.39 is 12.0 Å². The van der Waals surface area contributed by atoms with Crippen molar-refractivity contribution in [1.29, 1.82) is 0 Å². The van der Waals surface area contributed by atoms with Crippen LogP contribution in [0.2, 0.25) is 5.02 Å². The number of hydrogen-bond acceptors (Lipinski definition) is 4. The summed E-state index contributed by atoms with van der Waals surface area (Å²) in [6.07, 6.45) is 1.19. The molecule has 0 fully saturated rings. The van der Waals surface area contributed by atoms with Crippen LogP contribution in [0.1, 0.15) is 36.2 Å². The number of nitrogen functional groups attached to an aromatic ring is 1. The molecule has 2 unspecified atom stereocenters. The van der Waals surface area contributed by atoms with Crippen molar-refractivity contribution in [1.82, 2.24) is 14.8 Å². The van der Waals surface area contributed by atoms with Crippen LogP contribution in [-0.2, 0) is 4.79 Å². The molecular weight excluding hydrogens is 280 g/mol. The van der Waals surface area contributed by atoms with Crippen LogP contribution in [0.15, 0.2) is 24.3 Å². The lowest BCUT2D eigenvalue weighted by molar-refractivity contribution is -0.141. The standard InChI is InChI=1S/C13H13ClN4O2/c14-8-3-1-7(2-4-8)9-5-6-10(12(19)20)18-11(9)16-13(15)17-18/h1-4,9-10H,5-6H2,(H2,15,17)(H,19,20). The molecule has 0 aliphatic carbocycles. The number of carbonyl (C=O) groups is 1. The molecule has 0 amide bonds. The number of halogens is 1. The fraction of sp³-hybridized carbons (Fsp3) is 0.308. The minimum absolute atomic E-state index is 0.00679. The van der Waals surface area contributed by atoms with Crippen LogP contribution >= 0.6 is 11.6 Å². The Labute approximate surface area is 120 Å². The first-order valence-electron chi connectivity index (χ1n) is 6.26. The number of aliphatic carboxylic acids is 1. The van der Waals surface area contributed by atoms with E-state index in [1.165, 1.54) is 4.68 Å². The van der Waals surface area contributed by atoms with E-state index in [4.69, 9.17) is 17.3 Å². The number of anilines is 1. The van der Waals surface area contributed by atoms with E-state index in [2.05, 4.69) is 10.1 Å². The molecule has 6 nitrogen and oxygen atoms in total. The Morgan fingerprint density at radius 3 is 2.70 bits per heavy atom. The first-order valence-corrected chi connectivity index (χ1v) is 6.64. The van der Waals surface area contributed by atoms with Crippen molar-refractivity contribution in [2.45, 2.75) is 24.8 Å². The molecular formula is C13H13ClN4O2. The normalized spacial score (nSPS) is 21.4. The fourth-order valence-electron chi connectivity index (χ4n) is 2.63. The second-order valence-electron chi connectivity index (χ2n) is 4.81. The number of hydrogen-bond donors (Lipinski definition) is 2. The monoisotopic (exact) mass is 292 g/mol. The Morgan fingerprint density at radius 1 is 1.35 bits per heavy atom. The molecule has 1 aromatic carbocycles. The highest BCUT2D eigenvalue weighted by Gasteiger charge is 2.34. The van der Waals surface area contributed by atoms with Gasteiger partial charge in [0, 0.05) is 10.9 Å². The molecule has 3 rings (SSSR count). The lowest BCUT2D eigenvalue weighted by atomic mass is 9.88. The van der Waals surface area contributed by atoms with Gasteiger partial charge in [0.2, 0.25) is 5.95 Å². The van der Waals surface area contributed by atoms with Gasteiger partial charge >= 0.3 is 5.97 Å². The molecule has 3 N–H and O–H groups in total. The van der Waals surface area contributed by atoms with Crippen molar-refractivity contribution in [3.05, 3.63) is 40.7 Å². The first kappa shape index (κ1) is 12.9. The maximum atomic E-state index is 11.3. The van der Waals surface area contributed by atoms with Gasteiger partial charge in [-0.2, -0.15) is 4.98 Å². The number of benzene rings is 1. The third kappa shape index (κ3) is 2.12. The van der Waals surface area contributed by atoms with Gasteiger partial charge < -0.3 is 10.8 Å². The van der Waals surface area contributed by atoms with Crippen molar-refractivity contribution in [2.24, 2.45) is 0 Å². The lowest BCUT2D eigenvalue weighted by Gasteiger charge is -2.26. The summed E-state index contributed by atoms with van der Waals surface area (Å²) in [5.41, 5.74) is 6.66. The predicted molar refractivity (Wildman–Crippen MR) is 73.6 cm³/mol. The molecule has 1 aliphatic heterocycles. The van der Waals surface area contributed by atoms with Gasteiger partial charge in [-0.25, -0.2) is 9.48 Å². The third-order valence-electron chi connectivity index (χ3n) is 3.57. The summed E-state index contributed by atoms with van der Waals surface area (Å²) in [5, 5.41) is 13.9. The summed E-state index contributed by atoms with van der Waals surface area (Å²) in [7, 11) is 0. The number of fused-ring (bicyclic) bond motifs is 1. The van der Waals surface area contributed by atoms with E-state index in [1.54, 1.807) is 0 Å². The maximum absolute atomic E-state index is 11.3. The first-order chi connectivity index (χ1) is 9.56. The molecule has 2 aromatic rings. The van der Waals surface area contributed by atoms with Crippen LogP contribution in [-0.4, -0.2) is 25.8 Å². The van der Waals surface area contributed by atoms with Gasteiger partial charge in [0.15, 0.2) is 6.04 Å². The van der Waals surface area contributed by atoms with E-state index in [1.807, 2.05) is 24.3 Å². The van der Waals surface area contributed by atoms with Gasteiger partial charge in [0.25, 0.3) is 0 Å². The number of rotatable bonds is 2. The van der Waals surface area contributed by atoms with E-state index >= 15 is 0 Å². The Bertz CT molecular complexity index is 653. The Morgan fingerprint density at radius 2 is 2.05 bits per heavy atom. The molecule has 0 radical (unpaired) electrons. The summed E-state index contributed by atoms with van der Waals surface area (Å²) in [6.45, 7) is 0. The summed E-state index contributed by atoms with van der Waals surface area (Å²) in [6, 6.07) is 6.76. The number of carboxylic acid groups (broad SMARTS) is 1. The fourth-order valence-corrected chi connectivity index (χ4v) is 2.76. The van der Waals surface area contributed by atoms with Gasteiger partial charge in [-0.15, -0.1) is 5.10 Å². The zero-order valence-electron chi connectivity index (χ0n) is 10.5. The SMILES string of the molecule is Nc1nc2n(n1)C(C(=O)O)CCC2c1ccc(Cl)cc1. The molecule has 104 valence electrons. The van der Waals surface area contributed by atoms with Crippen LogP contribution < -0.4 is 5.73 Å². The molecule has 2 atom stereocenters. The van der Waals surface area contributed by atoms with Crippen LogP contribution in [0.4, 0.5) is 5.95 Å². The second-order valence-corrected chi connectivity index (χ2v) is 5.24. The van der Waals surface area contributed by atoms with Gasteiger partial charge in [-0.3, -0.25) is 0 Å². The highest BCUT2D eigenvalue weighted by molar-refractivity contribution is 6.30.